The fraction of sp³-hybridized carbons (Fsp3) is 0.333. The van der Waals surface area contributed by atoms with Crippen LogP contribution in [0.3, 0.4) is 0 Å². The molecular formula is C12H12O4. The molecule has 1 aromatic rings. The van der Waals surface area contributed by atoms with Crippen molar-refractivity contribution in [2.24, 2.45) is 0 Å². The van der Waals surface area contributed by atoms with Crippen molar-refractivity contribution in [3.8, 4) is 0 Å². The highest BCUT2D eigenvalue weighted by Crippen LogP contribution is 2.24. The van der Waals surface area contributed by atoms with Gasteiger partial charge in [0, 0.05) is 25.3 Å². The van der Waals surface area contributed by atoms with E-state index in [0.29, 0.717) is 11.1 Å². The smallest absolute Gasteiger partial charge is 0.195 e. The second kappa shape index (κ2) is 4.15. The molecule has 0 aliphatic heterocycles. The Morgan fingerprint density at radius 1 is 0.875 bits per heavy atom. The second-order valence-corrected chi connectivity index (χ2v) is 3.59. The van der Waals surface area contributed by atoms with Gasteiger partial charge in [-0.3, -0.25) is 9.59 Å². The van der Waals surface area contributed by atoms with E-state index in [1.165, 1.54) is 14.2 Å². The largest absolute Gasteiger partial charge is 0.370 e. The van der Waals surface area contributed by atoms with Crippen LogP contribution in [0.1, 0.15) is 20.7 Å². The van der Waals surface area contributed by atoms with E-state index < -0.39 is 12.2 Å². The molecule has 1 aliphatic carbocycles. The van der Waals surface area contributed by atoms with Crippen LogP contribution < -0.4 is 0 Å². The van der Waals surface area contributed by atoms with Gasteiger partial charge in [0.1, 0.15) is 0 Å². The predicted octanol–water partition coefficient (Wildman–Crippen LogP) is 1.10. The zero-order valence-electron chi connectivity index (χ0n) is 9.10. The van der Waals surface area contributed by atoms with Gasteiger partial charge in [0.2, 0.25) is 0 Å². The van der Waals surface area contributed by atoms with Crippen molar-refractivity contribution in [2.45, 2.75) is 12.2 Å². The molecule has 2 rings (SSSR count). The number of carbonyl (C=O) groups is 2. The molecule has 4 heteroatoms. The van der Waals surface area contributed by atoms with E-state index in [1.54, 1.807) is 24.3 Å². The number of hydrogen-bond acceptors (Lipinski definition) is 4. The summed E-state index contributed by atoms with van der Waals surface area (Å²) in [6.45, 7) is 0. The van der Waals surface area contributed by atoms with Gasteiger partial charge in [-0.1, -0.05) is 24.3 Å². The lowest BCUT2D eigenvalue weighted by molar-refractivity contribution is -0.0159. The highest BCUT2D eigenvalue weighted by Gasteiger charge is 2.41. The fourth-order valence-corrected chi connectivity index (χ4v) is 1.96. The third-order valence-electron chi connectivity index (χ3n) is 2.76. The topological polar surface area (TPSA) is 52.6 Å². The third kappa shape index (κ3) is 1.47. The SMILES string of the molecule is COC1C(=O)c2ccccc2C(=O)C1OC. The quantitative estimate of drug-likeness (QED) is 0.748. The Hall–Kier alpha value is -1.52. The van der Waals surface area contributed by atoms with Crippen molar-refractivity contribution < 1.29 is 19.1 Å². The second-order valence-electron chi connectivity index (χ2n) is 3.59. The Morgan fingerprint density at radius 2 is 1.25 bits per heavy atom. The predicted molar refractivity (Wildman–Crippen MR) is 56.7 cm³/mol. The summed E-state index contributed by atoms with van der Waals surface area (Å²) in [5, 5.41) is 0. The molecule has 0 radical (unpaired) electrons. The lowest BCUT2D eigenvalue weighted by Crippen LogP contribution is -2.47. The summed E-state index contributed by atoms with van der Waals surface area (Å²) in [5.74, 6) is -0.408. The average Bonchev–Trinajstić information content (AvgIpc) is 2.33. The summed E-state index contributed by atoms with van der Waals surface area (Å²) < 4.78 is 10.1. The van der Waals surface area contributed by atoms with Gasteiger partial charge in [0.25, 0.3) is 0 Å². The molecule has 2 unspecified atom stereocenters. The van der Waals surface area contributed by atoms with Crippen molar-refractivity contribution in [1.82, 2.24) is 0 Å². The van der Waals surface area contributed by atoms with E-state index in [9.17, 15) is 9.59 Å². The van der Waals surface area contributed by atoms with Gasteiger partial charge >= 0.3 is 0 Å². The normalized spacial score (nSPS) is 24.4. The van der Waals surface area contributed by atoms with E-state index in [-0.39, 0.29) is 11.6 Å². The molecule has 0 fully saturated rings. The molecule has 0 N–H and O–H groups in total. The van der Waals surface area contributed by atoms with Crippen LogP contribution >= 0.6 is 0 Å². The maximum atomic E-state index is 12.0. The monoisotopic (exact) mass is 220 g/mol. The van der Waals surface area contributed by atoms with Gasteiger partial charge < -0.3 is 9.47 Å². The van der Waals surface area contributed by atoms with Gasteiger partial charge in [0.15, 0.2) is 23.8 Å². The molecule has 0 saturated carbocycles. The molecule has 0 saturated heterocycles. The first-order valence-electron chi connectivity index (χ1n) is 4.93. The van der Waals surface area contributed by atoms with Crippen LogP contribution in [-0.2, 0) is 9.47 Å². The molecule has 4 nitrogen and oxygen atoms in total. The van der Waals surface area contributed by atoms with Crippen LogP contribution in [0.4, 0.5) is 0 Å². The Bertz CT molecular complexity index is 397. The van der Waals surface area contributed by atoms with E-state index in [0.717, 1.165) is 0 Å². The first kappa shape index (κ1) is 11.0. The lowest BCUT2D eigenvalue weighted by Gasteiger charge is -2.28. The molecule has 0 heterocycles. The standard InChI is InChI=1S/C12H12O4/c1-15-11-9(13)7-5-3-4-6-8(7)10(14)12(11)16-2/h3-6,11-12H,1-2H3. The fourth-order valence-electron chi connectivity index (χ4n) is 1.96. The zero-order valence-corrected chi connectivity index (χ0v) is 9.10. The summed E-state index contributed by atoms with van der Waals surface area (Å²) >= 11 is 0. The molecule has 1 aliphatic rings. The van der Waals surface area contributed by atoms with Crippen molar-refractivity contribution in [3.05, 3.63) is 35.4 Å². The van der Waals surface area contributed by atoms with E-state index in [2.05, 4.69) is 0 Å². The van der Waals surface area contributed by atoms with Crippen molar-refractivity contribution in [2.75, 3.05) is 14.2 Å². The lowest BCUT2D eigenvalue weighted by atomic mass is 9.85. The molecule has 0 bridgehead atoms. The first-order valence-corrected chi connectivity index (χ1v) is 4.93. The Kier molecular flexibility index (Phi) is 2.85. The number of ketones is 2. The Morgan fingerprint density at radius 3 is 1.56 bits per heavy atom. The number of hydrogen-bond donors (Lipinski definition) is 0. The highest BCUT2D eigenvalue weighted by molar-refractivity contribution is 6.18. The van der Waals surface area contributed by atoms with Crippen LogP contribution in [0, 0.1) is 0 Å². The Labute approximate surface area is 93.2 Å². The number of benzene rings is 1. The van der Waals surface area contributed by atoms with Gasteiger partial charge in [-0.25, -0.2) is 0 Å². The van der Waals surface area contributed by atoms with E-state index in [4.69, 9.17) is 9.47 Å². The molecule has 2 atom stereocenters. The van der Waals surface area contributed by atoms with Gasteiger partial charge in [-0.05, 0) is 0 Å². The number of methoxy groups -OCH3 is 2. The van der Waals surface area contributed by atoms with Crippen molar-refractivity contribution >= 4 is 11.6 Å². The Balaban J connectivity index is 2.55. The maximum Gasteiger partial charge on any atom is 0.195 e. The van der Waals surface area contributed by atoms with Crippen LogP contribution in [0.2, 0.25) is 0 Å². The minimum Gasteiger partial charge on any atom is -0.370 e. The number of carbonyl (C=O) groups excluding carboxylic acids is 2. The molecular weight excluding hydrogens is 208 g/mol. The minimum atomic E-state index is -0.840. The van der Waals surface area contributed by atoms with E-state index in [1.807, 2.05) is 0 Å². The van der Waals surface area contributed by atoms with Crippen LogP contribution in [0.5, 0.6) is 0 Å². The molecule has 0 amide bonds. The summed E-state index contributed by atoms with van der Waals surface area (Å²) in [7, 11) is 2.80. The van der Waals surface area contributed by atoms with Gasteiger partial charge in [0.05, 0.1) is 0 Å². The first-order chi connectivity index (χ1) is 7.70. The van der Waals surface area contributed by atoms with E-state index >= 15 is 0 Å². The number of rotatable bonds is 2. The van der Waals surface area contributed by atoms with Crippen molar-refractivity contribution in [3.63, 3.8) is 0 Å². The van der Waals surface area contributed by atoms with Crippen LogP contribution in [0.15, 0.2) is 24.3 Å². The maximum absolute atomic E-state index is 12.0. The number of ether oxygens (including phenoxy) is 2. The third-order valence-corrected chi connectivity index (χ3v) is 2.76. The minimum absolute atomic E-state index is 0.204. The van der Waals surface area contributed by atoms with Gasteiger partial charge in [-0.2, -0.15) is 0 Å². The molecule has 0 spiro atoms. The van der Waals surface area contributed by atoms with Gasteiger partial charge in [-0.15, -0.1) is 0 Å². The summed E-state index contributed by atoms with van der Waals surface area (Å²) in [6, 6.07) is 6.72. The molecule has 1 aromatic carbocycles. The molecule has 0 aromatic heterocycles. The van der Waals surface area contributed by atoms with Crippen LogP contribution in [0.25, 0.3) is 0 Å². The van der Waals surface area contributed by atoms with Crippen LogP contribution in [-0.4, -0.2) is 38.0 Å². The summed E-state index contributed by atoms with van der Waals surface area (Å²) in [6.07, 6.45) is -1.68. The molecule has 16 heavy (non-hydrogen) atoms. The highest BCUT2D eigenvalue weighted by atomic mass is 16.5. The zero-order chi connectivity index (χ0) is 11.7. The van der Waals surface area contributed by atoms with Crippen molar-refractivity contribution in [1.29, 1.82) is 0 Å². The number of Topliss-reactive ketones (excluding diaryl/α,β-unsaturated/α-hetero) is 2. The molecule has 84 valence electrons. The summed E-state index contributed by atoms with van der Waals surface area (Å²) in [5.41, 5.74) is 0.820. The summed E-state index contributed by atoms with van der Waals surface area (Å²) in [4.78, 5) is 24.0. The number of fused-ring (bicyclic) bond motifs is 1. The average molecular weight is 220 g/mol.